The van der Waals surface area contributed by atoms with Crippen LogP contribution in [-0.4, -0.2) is 45.8 Å². The molecule has 0 bridgehead atoms. The highest BCUT2D eigenvalue weighted by molar-refractivity contribution is 8.15. The first kappa shape index (κ1) is 25.4. The summed E-state index contributed by atoms with van der Waals surface area (Å²) in [5, 5.41) is 3.64. The lowest BCUT2D eigenvalue weighted by Gasteiger charge is -2.21. The molecule has 31 heavy (non-hydrogen) atoms. The summed E-state index contributed by atoms with van der Waals surface area (Å²) in [5.74, 6) is -0.132. The molecule has 0 aromatic heterocycles. The molecule has 0 radical (unpaired) electrons. The molecule has 2 rings (SSSR count). The number of benzene rings is 2. The van der Waals surface area contributed by atoms with Crippen molar-refractivity contribution in [3.05, 3.63) is 71.8 Å². The second kappa shape index (κ2) is 14.2. The third-order valence-corrected chi connectivity index (χ3v) is 7.67. The number of amides is 2. The van der Waals surface area contributed by atoms with E-state index >= 15 is 0 Å². The van der Waals surface area contributed by atoms with Gasteiger partial charge in [0.05, 0.1) is 0 Å². The molecule has 8 heteroatoms. The minimum Gasteiger partial charge on any atom is -0.368 e. The van der Waals surface area contributed by atoms with E-state index in [4.69, 9.17) is 5.73 Å². The Kier molecular flexibility index (Phi) is 11.6. The van der Waals surface area contributed by atoms with E-state index in [1.807, 2.05) is 54.8 Å². The molecular weight excluding hydrogens is 448 g/mol. The summed E-state index contributed by atoms with van der Waals surface area (Å²) in [4.78, 5) is 37.2. The smallest absolute Gasteiger partial charge is 0.240 e. The minimum absolute atomic E-state index is 0.0112. The number of nitrogens with one attached hydrogen (secondary N) is 1. The van der Waals surface area contributed by atoms with Crippen LogP contribution < -0.4 is 11.1 Å². The molecule has 2 amide bonds. The van der Waals surface area contributed by atoms with E-state index < -0.39 is 11.9 Å². The Labute approximate surface area is 196 Å². The number of primary amides is 1. The van der Waals surface area contributed by atoms with Crippen molar-refractivity contribution in [2.45, 2.75) is 18.9 Å². The van der Waals surface area contributed by atoms with Gasteiger partial charge in [0.25, 0.3) is 0 Å². The van der Waals surface area contributed by atoms with E-state index in [1.165, 1.54) is 11.8 Å². The van der Waals surface area contributed by atoms with Gasteiger partial charge in [0, 0.05) is 28.1 Å². The third kappa shape index (κ3) is 9.41. The summed E-state index contributed by atoms with van der Waals surface area (Å²) in [6, 6.07) is 18.1. The van der Waals surface area contributed by atoms with E-state index in [0.717, 1.165) is 10.6 Å². The molecule has 0 spiro atoms. The number of carbonyl (C=O) groups excluding carboxylic acids is 3. The van der Waals surface area contributed by atoms with Gasteiger partial charge in [-0.1, -0.05) is 72.4 Å². The second-order valence-corrected chi connectivity index (χ2v) is 10.2. The fourth-order valence-electron chi connectivity index (χ4n) is 2.91. The first-order valence-electron chi connectivity index (χ1n) is 9.93. The van der Waals surface area contributed by atoms with Gasteiger partial charge in [-0.05, 0) is 24.7 Å². The molecule has 0 aliphatic carbocycles. The van der Waals surface area contributed by atoms with Crippen molar-refractivity contribution in [1.82, 2.24) is 5.32 Å². The van der Waals surface area contributed by atoms with Gasteiger partial charge in [0.15, 0.2) is 0 Å². The van der Waals surface area contributed by atoms with Crippen molar-refractivity contribution in [2.75, 3.05) is 22.8 Å². The van der Waals surface area contributed by atoms with Gasteiger partial charge in [-0.2, -0.15) is 11.8 Å². The molecule has 2 aromatic rings. The molecule has 166 valence electrons. The van der Waals surface area contributed by atoms with E-state index in [1.54, 1.807) is 35.7 Å². The molecule has 0 aliphatic heterocycles. The Balaban J connectivity index is 2.00. The van der Waals surface area contributed by atoms with Crippen LogP contribution in [0.1, 0.15) is 22.3 Å². The van der Waals surface area contributed by atoms with E-state index in [-0.39, 0.29) is 16.9 Å². The van der Waals surface area contributed by atoms with Crippen molar-refractivity contribution in [2.24, 2.45) is 11.7 Å². The van der Waals surface area contributed by atoms with Crippen LogP contribution in [0.4, 0.5) is 0 Å². The van der Waals surface area contributed by atoms with Gasteiger partial charge in [0.2, 0.25) is 16.9 Å². The largest absolute Gasteiger partial charge is 0.368 e. The summed E-state index contributed by atoms with van der Waals surface area (Å²) < 4.78 is 0. The fraction of sp³-hybridized carbons (Fsp3) is 0.348. The predicted molar refractivity (Wildman–Crippen MR) is 133 cm³/mol. The van der Waals surface area contributed by atoms with Crippen molar-refractivity contribution in [3.63, 3.8) is 0 Å². The molecule has 0 saturated heterocycles. The van der Waals surface area contributed by atoms with Crippen LogP contribution in [-0.2, 0) is 16.0 Å². The molecular formula is C23H28N2O3S3. The number of rotatable bonds is 13. The van der Waals surface area contributed by atoms with Crippen LogP contribution in [0.2, 0.25) is 0 Å². The number of hydrogen-bond donors (Lipinski definition) is 2. The lowest BCUT2D eigenvalue weighted by Crippen LogP contribution is -2.48. The first-order chi connectivity index (χ1) is 15.0. The molecule has 3 N–H and O–H groups in total. The highest BCUT2D eigenvalue weighted by Gasteiger charge is 2.25. The van der Waals surface area contributed by atoms with E-state index in [0.29, 0.717) is 29.9 Å². The Morgan fingerprint density at radius 1 is 1.00 bits per heavy atom. The highest BCUT2D eigenvalue weighted by atomic mass is 32.2. The normalized spacial score (nSPS) is 12.7. The third-order valence-electron chi connectivity index (χ3n) is 4.55. The van der Waals surface area contributed by atoms with Gasteiger partial charge in [-0.15, -0.1) is 11.8 Å². The highest BCUT2D eigenvalue weighted by Crippen LogP contribution is 2.20. The topological polar surface area (TPSA) is 89.3 Å². The van der Waals surface area contributed by atoms with Crippen molar-refractivity contribution in [1.29, 1.82) is 0 Å². The SMILES string of the molecule is CSCSC[C@H](NC(=O)[C@H](CCSC(=O)c1ccccc1)Cc1ccccc1)C(N)=O. The minimum atomic E-state index is -0.707. The number of nitrogens with two attached hydrogens (primary N) is 1. The maximum atomic E-state index is 13.0. The average molecular weight is 477 g/mol. The number of carbonyl (C=O) groups is 3. The Morgan fingerprint density at radius 2 is 1.65 bits per heavy atom. The van der Waals surface area contributed by atoms with Crippen LogP contribution in [0.5, 0.6) is 0 Å². The van der Waals surface area contributed by atoms with Crippen molar-refractivity contribution in [3.8, 4) is 0 Å². The zero-order chi connectivity index (χ0) is 22.5. The average Bonchev–Trinajstić information content (AvgIpc) is 2.78. The summed E-state index contributed by atoms with van der Waals surface area (Å²) in [6.07, 6.45) is 3.04. The monoisotopic (exact) mass is 476 g/mol. The lowest BCUT2D eigenvalue weighted by atomic mass is 9.95. The molecule has 0 unspecified atom stereocenters. The van der Waals surface area contributed by atoms with Gasteiger partial charge in [-0.25, -0.2) is 0 Å². The number of hydrogen-bond acceptors (Lipinski definition) is 6. The van der Waals surface area contributed by atoms with Gasteiger partial charge in [0.1, 0.15) is 6.04 Å². The fourth-order valence-corrected chi connectivity index (χ4v) is 5.34. The van der Waals surface area contributed by atoms with Crippen molar-refractivity contribution >= 4 is 52.2 Å². The first-order valence-corrected chi connectivity index (χ1v) is 13.5. The summed E-state index contributed by atoms with van der Waals surface area (Å²) in [5.41, 5.74) is 7.19. The second-order valence-electron chi connectivity index (χ2n) is 6.92. The summed E-state index contributed by atoms with van der Waals surface area (Å²) in [6.45, 7) is 0. The Hall–Kier alpha value is -1.90. The van der Waals surface area contributed by atoms with Crippen LogP contribution >= 0.6 is 35.3 Å². The molecule has 0 heterocycles. The van der Waals surface area contributed by atoms with Crippen molar-refractivity contribution < 1.29 is 14.4 Å². The van der Waals surface area contributed by atoms with Gasteiger partial charge >= 0.3 is 0 Å². The molecule has 2 atom stereocenters. The van der Waals surface area contributed by atoms with Crippen LogP contribution in [0.3, 0.4) is 0 Å². The summed E-state index contributed by atoms with van der Waals surface area (Å²) in [7, 11) is 0. The predicted octanol–water partition coefficient (Wildman–Crippen LogP) is 3.83. The summed E-state index contributed by atoms with van der Waals surface area (Å²) >= 11 is 4.43. The maximum absolute atomic E-state index is 13.0. The zero-order valence-electron chi connectivity index (χ0n) is 17.5. The lowest BCUT2D eigenvalue weighted by molar-refractivity contribution is -0.129. The Morgan fingerprint density at radius 3 is 2.26 bits per heavy atom. The maximum Gasteiger partial charge on any atom is 0.240 e. The number of thioether (sulfide) groups is 3. The van der Waals surface area contributed by atoms with E-state index in [9.17, 15) is 14.4 Å². The standard InChI is InChI=1S/C23H28N2O3S3/c1-29-16-30-15-20(21(24)26)25-22(27)19(14-17-8-4-2-5-9-17)12-13-31-23(28)18-10-6-3-7-11-18/h2-11,19-20H,12-16H2,1H3,(H2,24,26)(H,25,27)/t19-,20+/m1/s1. The molecule has 0 fully saturated rings. The quantitative estimate of drug-likeness (QED) is 0.337. The molecule has 0 aliphatic rings. The molecule has 5 nitrogen and oxygen atoms in total. The van der Waals surface area contributed by atoms with Crippen LogP contribution in [0.25, 0.3) is 0 Å². The Bertz CT molecular complexity index is 834. The zero-order valence-corrected chi connectivity index (χ0v) is 19.9. The van der Waals surface area contributed by atoms with Gasteiger partial charge in [-0.3, -0.25) is 14.4 Å². The van der Waals surface area contributed by atoms with Crippen LogP contribution in [0.15, 0.2) is 60.7 Å². The van der Waals surface area contributed by atoms with Crippen LogP contribution in [0, 0.1) is 5.92 Å². The van der Waals surface area contributed by atoms with E-state index in [2.05, 4.69) is 5.32 Å². The molecule has 0 saturated carbocycles. The van der Waals surface area contributed by atoms with Gasteiger partial charge < -0.3 is 11.1 Å². The molecule has 2 aromatic carbocycles.